The highest BCUT2D eigenvalue weighted by Crippen LogP contribution is 2.25. The molecule has 8 heteroatoms. The number of carbonyl (C=O) groups excluding carboxylic acids is 1. The Bertz CT molecular complexity index is 615. The first-order valence-corrected chi connectivity index (χ1v) is 7.98. The van der Waals surface area contributed by atoms with E-state index in [-0.39, 0.29) is 35.8 Å². The van der Waals surface area contributed by atoms with Gasteiger partial charge < -0.3 is 10.6 Å². The lowest BCUT2D eigenvalue weighted by Gasteiger charge is -2.11. The number of benzene rings is 1. The minimum absolute atomic E-state index is 0. The largest absolute Gasteiger partial charge is 0.325 e. The maximum Gasteiger partial charge on any atom is 0.241 e. The summed E-state index contributed by atoms with van der Waals surface area (Å²) in [7, 11) is -1.84. The van der Waals surface area contributed by atoms with Gasteiger partial charge in [-0.2, -0.15) is 0 Å². The van der Waals surface area contributed by atoms with Gasteiger partial charge in [-0.25, -0.2) is 13.1 Å². The summed E-state index contributed by atoms with van der Waals surface area (Å²) in [5.41, 5.74) is 1.14. The zero-order valence-electron chi connectivity index (χ0n) is 12.0. The van der Waals surface area contributed by atoms with E-state index in [1.807, 2.05) is 0 Å². The molecule has 1 saturated carbocycles. The van der Waals surface area contributed by atoms with Crippen LogP contribution in [-0.2, 0) is 14.8 Å². The molecule has 0 bridgehead atoms. The van der Waals surface area contributed by atoms with Gasteiger partial charge in [-0.1, -0.05) is 6.07 Å². The Labute approximate surface area is 131 Å². The Morgan fingerprint density at radius 3 is 2.57 bits per heavy atom. The first-order valence-electron chi connectivity index (χ1n) is 6.50. The summed E-state index contributed by atoms with van der Waals surface area (Å²) < 4.78 is 27.1. The number of anilines is 1. The lowest BCUT2D eigenvalue weighted by molar-refractivity contribution is -0.115. The van der Waals surface area contributed by atoms with Gasteiger partial charge in [0.05, 0.1) is 11.4 Å². The summed E-state index contributed by atoms with van der Waals surface area (Å²) >= 11 is 0. The molecule has 0 unspecified atom stereocenters. The standard InChI is InChI=1S/C13H19N3O3S.ClH/c1-9-3-4-11(15-13(17)8-14-2)7-12(9)20(18,19)16-10-5-6-10;/h3-4,7,10,14,16H,5-6,8H2,1-2H3,(H,15,17);1H. The summed E-state index contributed by atoms with van der Waals surface area (Å²) in [6.45, 7) is 1.91. The molecule has 1 fully saturated rings. The van der Waals surface area contributed by atoms with Gasteiger partial charge in [0.15, 0.2) is 0 Å². The molecule has 1 aliphatic rings. The molecule has 3 N–H and O–H groups in total. The van der Waals surface area contributed by atoms with E-state index in [0.29, 0.717) is 11.3 Å². The number of amides is 1. The number of rotatable bonds is 6. The van der Waals surface area contributed by atoms with Crippen LogP contribution in [0.5, 0.6) is 0 Å². The summed E-state index contributed by atoms with van der Waals surface area (Å²) in [6.07, 6.45) is 1.77. The molecular formula is C13H20ClN3O3S. The van der Waals surface area contributed by atoms with Gasteiger partial charge in [-0.3, -0.25) is 4.79 Å². The lowest BCUT2D eigenvalue weighted by atomic mass is 10.2. The Morgan fingerprint density at radius 1 is 1.33 bits per heavy atom. The van der Waals surface area contributed by atoms with E-state index in [9.17, 15) is 13.2 Å². The van der Waals surface area contributed by atoms with E-state index in [4.69, 9.17) is 0 Å². The highest BCUT2D eigenvalue weighted by atomic mass is 35.5. The van der Waals surface area contributed by atoms with Crippen molar-refractivity contribution < 1.29 is 13.2 Å². The first-order chi connectivity index (χ1) is 9.42. The van der Waals surface area contributed by atoms with E-state index in [1.54, 1.807) is 26.1 Å². The predicted molar refractivity (Wildman–Crippen MR) is 84.3 cm³/mol. The van der Waals surface area contributed by atoms with Crippen LogP contribution in [0.3, 0.4) is 0 Å². The molecule has 21 heavy (non-hydrogen) atoms. The minimum Gasteiger partial charge on any atom is -0.325 e. The molecule has 0 saturated heterocycles. The molecule has 0 heterocycles. The molecule has 0 spiro atoms. The van der Waals surface area contributed by atoms with Crippen molar-refractivity contribution in [1.82, 2.24) is 10.0 Å². The van der Waals surface area contributed by atoms with Crippen molar-refractivity contribution in [1.29, 1.82) is 0 Å². The summed E-state index contributed by atoms with van der Waals surface area (Å²) in [4.78, 5) is 11.7. The molecule has 118 valence electrons. The van der Waals surface area contributed by atoms with Crippen LogP contribution >= 0.6 is 12.4 Å². The Balaban J connectivity index is 0.00000220. The molecule has 6 nitrogen and oxygen atoms in total. The average molecular weight is 334 g/mol. The fraction of sp³-hybridized carbons (Fsp3) is 0.462. The average Bonchev–Trinajstić information content (AvgIpc) is 3.15. The van der Waals surface area contributed by atoms with Gasteiger partial charge in [0.2, 0.25) is 15.9 Å². The second kappa shape index (κ2) is 7.22. The molecule has 1 aromatic carbocycles. The molecule has 1 aliphatic carbocycles. The third-order valence-electron chi connectivity index (χ3n) is 3.00. The third-order valence-corrected chi connectivity index (χ3v) is 4.66. The SMILES string of the molecule is CNCC(=O)Nc1ccc(C)c(S(=O)(=O)NC2CC2)c1.Cl. The molecule has 1 aromatic rings. The maximum atomic E-state index is 12.2. The van der Waals surface area contributed by atoms with Gasteiger partial charge in [0.1, 0.15) is 0 Å². The van der Waals surface area contributed by atoms with E-state index in [0.717, 1.165) is 12.8 Å². The molecule has 0 aromatic heterocycles. The number of nitrogens with one attached hydrogen (secondary N) is 3. The number of aryl methyl sites for hydroxylation is 1. The number of hydrogen-bond donors (Lipinski definition) is 3. The molecule has 2 rings (SSSR count). The molecule has 1 amide bonds. The van der Waals surface area contributed by atoms with Crippen LogP contribution in [0.4, 0.5) is 5.69 Å². The minimum atomic E-state index is -3.52. The predicted octanol–water partition coefficient (Wildman–Crippen LogP) is 1.02. The number of carbonyl (C=O) groups is 1. The van der Waals surface area contributed by atoms with E-state index in [2.05, 4.69) is 15.4 Å². The van der Waals surface area contributed by atoms with Crippen LogP contribution < -0.4 is 15.4 Å². The summed E-state index contributed by atoms with van der Waals surface area (Å²) in [5.74, 6) is -0.213. The smallest absolute Gasteiger partial charge is 0.241 e. The molecular weight excluding hydrogens is 314 g/mol. The molecule has 0 atom stereocenters. The monoisotopic (exact) mass is 333 g/mol. The number of halogens is 1. The van der Waals surface area contributed by atoms with E-state index >= 15 is 0 Å². The van der Waals surface area contributed by atoms with E-state index < -0.39 is 10.0 Å². The highest BCUT2D eigenvalue weighted by Gasteiger charge is 2.28. The van der Waals surface area contributed by atoms with Crippen molar-refractivity contribution in [2.24, 2.45) is 0 Å². The topological polar surface area (TPSA) is 87.3 Å². The van der Waals surface area contributed by atoms with Crippen molar-refractivity contribution in [2.45, 2.75) is 30.7 Å². The lowest BCUT2D eigenvalue weighted by Crippen LogP contribution is -2.27. The Morgan fingerprint density at radius 2 is 2.00 bits per heavy atom. The van der Waals surface area contributed by atoms with Gasteiger partial charge in [-0.15, -0.1) is 12.4 Å². The van der Waals surface area contributed by atoms with Crippen molar-refractivity contribution in [2.75, 3.05) is 18.9 Å². The molecule has 0 aliphatic heterocycles. The van der Waals surface area contributed by atoms with Crippen LogP contribution in [0.1, 0.15) is 18.4 Å². The Kier molecular flexibility index (Phi) is 6.15. The first kappa shape index (κ1) is 17.9. The Hall–Kier alpha value is -1.15. The number of likely N-dealkylation sites (N-methyl/N-ethyl adjacent to an activating group) is 1. The van der Waals surface area contributed by atoms with Gasteiger partial charge in [0, 0.05) is 11.7 Å². The normalized spacial score (nSPS) is 14.4. The zero-order valence-corrected chi connectivity index (χ0v) is 13.6. The van der Waals surface area contributed by atoms with Crippen LogP contribution in [0.15, 0.2) is 23.1 Å². The van der Waals surface area contributed by atoms with Crippen LogP contribution in [0.2, 0.25) is 0 Å². The van der Waals surface area contributed by atoms with Crippen molar-refractivity contribution in [3.63, 3.8) is 0 Å². The van der Waals surface area contributed by atoms with Crippen molar-refractivity contribution in [3.05, 3.63) is 23.8 Å². The van der Waals surface area contributed by atoms with Gasteiger partial charge in [0.25, 0.3) is 0 Å². The van der Waals surface area contributed by atoms with Gasteiger partial charge >= 0.3 is 0 Å². The molecule has 0 radical (unpaired) electrons. The van der Waals surface area contributed by atoms with Crippen molar-refractivity contribution >= 4 is 34.0 Å². The second-order valence-electron chi connectivity index (χ2n) is 4.95. The van der Waals surface area contributed by atoms with Crippen LogP contribution in [-0.4, -0.2) is 34.0 Å². The summed E-state index contributed by atoms with van der Waals surface area (Å²) in [5, 5.41) is 5.39. The number of hydrogen-bond acceptors (Lipinski definition) is 4. The quantitative estimate of drug-likeness (QED) is 0.725. The third kappa shape index (κ3) is 4.96. The second-order valence-corrected chi connectivity index (χ2v) is 6.64. The maximum absolute atomic E-state index is 12.2. The number of sulfonamides is 1. The highest BCUT2D eigenvalue weighted by molar-refractivity contribution is 7.89. The fourth-order valence-corrected chi connectivity index (χ4v) is 3.39. The zero-order chi connectivity index (χ0) is 14.8. The van der Waals surface area contributed by atoms with E-state index in [1.165, 1.54) is 6.07 Å². The summed E-state index contributed by atoms with van der Waals surface area (Å²) in [6, 6.07) is 4.94. The fourth-order valence-electron chi connectivity index (χ4n) is 1.82. The van der Waals surface area contributed by atoms with Crippen LogP contribution in [0, 0.1) is 6.92 Å². The van der Waals surface area contributed by atoms with Crippen molar-refractivity contribution in [3.8, 4) is 0 Å². The van der Waals surface area contributed by atoms with Crippen LogP contribution in [0.25, 0.3) is 0 Å². The van der Waals surface area contributed by atoms with Gasteiger partial charge in [-0.05, 0) is 44.5 Å².